The van der Waals surface area contributed by atoms with Crippen LogP contribution < -0.4 is 9.64 Å². The van der Waals surface area contributed by atoms with E-state index in [0.717, 1.165) is 26.0 Å². The van der Waals surface area contributed by atoms with Gasteiger partial charge in [0.15, 0.2) is 5.13 Å². The lowest BCUT2D eigenvalue weighted by atomic mass is 10.2. The molecular weight excluding hydrogens is 450 g/mol. The summed E-state index contributed by atoms with van der Waals surface area (Å²) in [7, 11) is 0. The number of aromatic nitrogens is 2. The second-order valence-corrected chi connectivity index (χ2v) is 8.24. The molecule has 2 aromatic carbocycles. The van der Waals surface area contributed by atoms with Gasteiger partial charge in [0, 0.05) is 22.4 Å². The summed E-state index contributed by atoms with van der Waals surface area (Å²) in [6.07, 6.45) is 3.49. The van der Waals surface area contributed by atoms with Gasteiger partial charge in [-0.05, 0) is 61.0 Å². The highest BCUT2D eigenvalue weighted by Crippen LogP contribution is 2.33. The second-order valence-electron chi connectivity index (χ2n) is 6.32. The van der Waals surface area contributed by atoms with Crippen LogP contribution in [0.5, 0.6) is 5.75 Å². The van der Waals surface area contributed by atoms with Gasteiger partial charge in [-0.25, -0.2) is 4.98 Å². The van der Waals surface area contributed by atoms with Crippen LogP contribution in [0.15, 0.2) is 71.5 Å². The number of hydrogen-bond acceptors (Lipinski definition) is 5. The highest BCUT2D eigenvalue weighted by atomic mass is 79.9. The molecule has 0 aliphatic heterocycles. The van der Waals surface area contributed by atoms with E-state index >= 15 is 0 Å². The van der Waals surface area contributed by atoms with E-state index in [9.17, 15) is 4.79 Å². The Morgan fingerprint density at radius 3 is 2.72 bits per heavy atom. The van der Waals surface area contributed by atoms with E-state index in [1.807, 2.05) is 61.5 Å². The van der Waals surface area contributed by atoms with Crippen LogP contribution in [0.25, 0.3) is 10.2 Å². The Balaban J connectivity index is 1.73. The van der Waals surface area contributed by atoms with E-state index in [0.29, 0.717) is 23.8 Å². The second kappa shape index (κ2) is 8.71. The van der Waals surface area contributed by atoms with Crippen LogP contribution in [0.1, 0.15) is 22.8 Å². The van der Waals surface area contributed by atoms with Gasteiger partial charge in [0.1, 0.15) is 5.75 Å². The van der Waals surface area contributed by atoms with Gasteiger partial charge in [-0.3, -0.25) is 14.7 Å². The summed E-state index contributed by atoms with van der Waals surface area (Å²) >= 11 is 4.89. The van der Waals surface area contributed by atoms with Gasteiger partial charge in [0.2, 0.25) is 0 Å². The minimum Gasteiger partial charge on any atom is -0.494 e. The molecule has 146 valence electrons. The van der Waals surface area contributed by atoms with Crippen molar-refractivity contribution in [2.75, 3.05) is 11.5 Å². The average molecular weight is 468 g/mol. The Labute approximate surface area is 181 Å². The summed E-state index contributed by atoms with van der Waals surface area (Å²) < 4.78 is 7.50. The number of hydrogen-bond donors (Lipinski definition) is 0. The molecule has 7 heteroatoms. The highest BCUT2D eigenvalue weighted by Gasteiger charge is 2.22. The molecule has 4 aromatic rings. The third-order valence-corrected chi connectivity index (χ3v) is 5.86. The van der Waals surface area contributed by atoms with Crippen molar-refractivity contribution in [3.8, 4) is 5.75 Å². The third kappa shape index (κ3) is 4.46. The number of carbonyl (C=O) groups excluding carboxylic acids is 1. The fraction of sp³-hybridized carbons (Fsp3) is 0.136. The van der Waals surface area contributed by atoms with Crippen molar-refractivity contribution in [2.45, 2.75) is 13.5 Å². The van der Waals surface area contributed by atoms with Crippen molar-refractivity contribution in [3.05, 3.63) is 82.6 Å². The van der Waals surface area contributed by atoms with E-state index in [-0.39, 0.29) is 5.91 Å². The predicted octanol–water partition coefficient (Wildman–Crippen LogP) is 5.70. The van der Waals surface area contributed by atoms with Crippen LogP contribution >= 0.6 is 27.3 Å². The van der Waals surface area contributed by atoms with Gasteiger partial charge in [-0.1, -0.05) is 33.3 Å². The third-order valence-electron chi connectivity index (χ3n) is 4.29. The summed E-state index contributed by atoms with van der Waals surface area (Å²) in [5.41, 5.74) is 2.38. The number of pyridine rings is 1. The molecule has 2 heterocycles. The summed E-state index contributed by atoms with van der Waals surface area (Å²) in [5, 5.41) is 0.644. The van der Waals surface area contributed by atoms with Crippen molar-refractivity contribution in [2.24, 2.45) is 0 Å². The van der Waals surface area contributed by atoms with Crippen molar-refractivity contribution < 1.29 is 9.53 Å². The number of rotatable bonds is 6. The topological polar surface area (TPSA) is 55.3 Å². The van der Waals surface area contributed by atoms with Crippen LogP contribution in [0.4, 0.5) is 5.13 Å². The molecule has 0 radical (unpaired) electrons. The van der Waals surface area contributed by atoms with Crippen LogP contribution in [0.3, 0.4) is 0 Å². The van der Waals surface area contributed by atoms with E-state index in [1.54, 1.807) is 17.3 Å². The lowest BCUT2D eigenvalue weighted by Crippen LogP contribution is -2.30. The minimum absolute atomic E-state index is 0.106. The molecule has 0 unspecified atom stereocenters. The number of carbonyl (C=O) groups is 1. The van der Waals surface area contributed by atoms with Gasteiger partial charge < -0.3 is 4.74 Å². The number of nitrogens with zero attached hydrogens (tertiary/aromatic N) is 3. The number of fused-ring (bicyclic) bond motifs is 1. The largest absolute Gasteiger partial charge is 0.494 e. The number of thiazole rings is 1. The molecule has 0 saturated heterocycles. The quantitative estimate of drug-likeness (QED) is 0.364. The van der Waals surface area contributed by atoms with Crippen molar-refractivity contribution in [1.29, 1.82) is 0 Å². The van der Waals surface area contributed by atoms with Crippen LogP contribution in [-0.4, -0.2) is 22.5 Å². The zero-order valence-corrected chi connectivity index (χ0v) is 18.1. The summed E-state index contributed by atoms with van der Waals surface area (Å²) in [6.45, 7) is 2.95. The molecule has 0 bridgehead atoms. The number of amides is 1. The fourth-order valence-corrected chi connectivity index (χ4v) is 4.17. The monoisotopic (exact) mass is 467 g/mol. The Kier molecular flexibility index (Phi) is 5.87. The molecule has 4 rings (SSSR count). The van der Waals surface area contributed by atoms with Gasteiger partial charge >= 0.3 is 0 Å². The predicted molar refractivity (Wildman–Crippen MR) is 120 cm³/mol. The molecule has 2 aromatic heterocycles. The first kappa shape index (κ1) is 19.5. The van der Waals surface area contributed by atoms with Crippen molar-refractivity contribution >= 4 is 48.5 Å². The van der Waals surface area contributed by atoms with E-state index < -0.39 is 0 Å². The number of anilines is 1. The Bertz CT molecular complexity index is 1130. The van der Waals surface area contributed by atoms with Crippen LogP contribution in [0, 0.1) is 0 Å². The Hall–Kier alpha value is -2.77. The van der Waals surface area contributed by atoms with Gasteiger partial charge in [0.25, 0.3) is 5.91 Å². The van der Waals surface area contributed by atoms with E-state index in [1.165, 1.54) is 11.3 Å². The molecule has 0 fully saturated rings. The summed E-state index contributed by atoms with van der Waals surface area (Å²) in [6, 6.07) is 17.0. The van der Waals surface area contributed by atoms with Gasteiger partial charge in [-0.2, -0.15) is 0 Å². The van der Waals surface area contributed by atoms with Gasteiger partial charge in [0.05, 0.1) is 23.4 Å². The average Bonchev–Trinajstić information content (AvgIpc) is 3.16. The van der Waals surface area contributed by atoms with E-state index in [4.69, 9.17) is 9.72 Å². The first-order valence-corrected chi connectivity index (χ1v) is 10.7. The maximum absolute atomic E-state index is 13.3. The maximum Gasteiger partial charge on any atom is 0.260 e. The first-order valence-electron chi connectivity index (χ1n) is 9.14. The molecule has 0 aliphatic carbocycles. The van der Waals surface area contributed by atoms with Crippen LogP contribution in [0.2, 0.25) is 0 Å². The fourth-order valence-electron chi connectivity index (χ4n) is 2.91. The molecule has 29 heavy (non-hydrogen) atoms. The number of benzene rings is 2. The molecule has 0 atom stereocenters. The molecule has 0 N–H and O–H groups in total. The molecule has 0 aliphatic rings. The normalized spacial score (nSPS) is 10.8. The SMILES string of the molecule is CCOc1ccc2nc(N(Cc3cccnc3)C(=O)c3ccc(Br)cc3)sc2c1. The molecule has 0 spiro atoms. The zero-order valence-electron chi connectivity index (χ0n) is 15.7. The molecule has 1 amide bonds. The van der Waals surface area contributed by atoms with E-state index in [2.05, 4.69) is 20.9 Å². The smallest absolute Gasteiger partial charge is 0.260 e. The standard InChI is InChI=1S/C22H18BrN3O2S/c1-2-28-18-9-10-19-20(12-18)29-22(25-19)26(14-15-4-3-11-24-13-15)21(27)16-5-7-17(23)8-6-16/h3-13H,2,14H2,1H3. The Morgan fingerprint density at radius 2 is 2.00 bits per heavy atom. The number of halogens is 1. The molecular formula is C22H18BrN3O2S. The lowest BCUT2D eigenvalue weighted by molar-refractivity contribution is 0.0985. The van der Waals surface area contributed by atoms with Crippen molar-refractivity contribution in [1.82, 2.24) is 9.97 Å². The zero-order chi connectivity index (χ0) is 20.2. The van der Waals surface area contributed by atoms with Crippen molar-refractivity contribution in [3.63, 3.8) is 0 Å². The minimum atomic E-state index is -0.106. The summed E-state index contributed by atoms with van der Waals surface area (Å²) in [5.74, 6) is 0.693. The molecule has 0 saturated carbocycles. The van der Waals surface area contributed by atoms with Gasteiger partial charge in [-0.15, -0.1) is 0 Å². The number of ether oxygens (including phenoxy) is 1. The van der Waals surface area contributed by atoms with Crippen LogP contribution in [-0.2, 0) is 6.54 Å². The first-order chi connectivity index (χ1) is 14.1. The lowest BCUT2D eigenvalue weighted by Gasteiger charge is -2.20. The maximum atomic E-state index is 13.3. The summed E-state index contributed by atoms with van der Waals surface area (Å²) in [4.78, 5) is 23.9. The molecule has 5 nitrogen and oxygen atoms in total. The Morgan fingerprint density at radius 1 is 1.17 bits per heavy atom. The highest BCUT2D eigenvalue weighted by molar-refractivity contribution is 9.10.